The Morgan fingerprint density at radius 2 is 1.88 bits per heavy atom. The van der Waals surface area contributed by atoms with E-state index in [0.717, 1.165) is 29.8 Å². The molecule has 24 heavy (non-hydrogen) atoms. The van der Waals surface area contributed by atoms with Crippen LogP contribution in [-0.4, -0.2) is 38.0 Å². The average Bonchev–Trinajstić information content (AvgIpc) is 2.97. The summed E-state index contributed by atoms with van der Waals surface area (Å²) in [6.07, 6.45) is 0.905. The molecule has 2 aromatic rings. The van der Waals surface area contributed by atoms with Crippen molar-refractivity contribution in [2.75, 3.05) is 27.2 Å². The van der Waals surface area contributed by atoms with Crippen molar-refractivity contribution in [2.45, 2.75) is 26.9 Å². The van der Waals surface area contributed by atoms with Crippen LogP contribution in [0.5, 0.6) is 5.75 Å². The van der Waals surface area contributed by atoms with Gasteiger partial charge in [0.05, 0.1) is 0 Å². The largest absolute Gasteiger partial charge is 0.486 e. The van der Waals surface area contributed by atoms with E-state index in [1.165, 1.54) is 0 Å². The van der Waals surface area contributed by atoms with E-state index < -0.39 is 0 Å². The molecule has 0 saturated heterocycles. The minimum absolute atomic E-state index is 0.189. The van der Waals surface area contributed by atoms with Crippen molar-refractivity contribution >= 4 is 5.91 Å². The number of ether oxygens (including phenoxy) is 1. The molecule has 0 unspecified atom stereocenters. The van der Waals surface area contributed by atoms with Crippen LogP contribution in [0.2, 0.25) is 0 Å². The molecule has 0 bridgehead atoms. The third kappa shape index (κ3) is 5.74. The first-order valence-electron chi connectivity index (χ1n) is 8.17. The van der Waals surface area contributed by atoms with Gasteiger partial charge in [-0.1, -0.05) is 6.07 Å². The molecule has 1 amide bonds. The third-order valence-corrected chi connectivity index (χ3v) is 3.53. The fourth-order valence-corrected chi connectivity index (χ4v) is 2.43. The maximum absolute atomic E-state index is 12.0. The molecule has 0 radical (unpaired) electrons. The van der Waals surface area contributed by atoms with Crippen LogP contribution in [0.3, 0.4) is 0 Å². The van der Waals surface area contributed by atoms with E-state index in [1.54, 1.807) is 12.1 Å². The van der Waals surface area contributed by atoms with Gasteiger partial charge in [-0.2, -0.15) is 0 Å². The molecule has 1 aromatic heterocycles. The summed E-state index contributed by atoms with van der Waals surface area (Å²) in [5.41, 5.74) is 2.31. The zero-order chi connectivity index (χ0) is 17.5. The van der Waals surface area contributed by atoms with E-state index in [2.05, 4.69) is 16.3 Å². The monoisotopic (exact) mass is 330 g/mol. The smallest absolute Gasteiger partial charge is 0.286 e. The van der Waals surface area contributed by atoms with Crippen LogP contribution in [0.4, 0.5) is 0 Å². The van der Waals surface area contributed by atoms with Crippen LogP contribution in [0.25, 0.3) is 0 Å². The highest BCUT2D eigenvalue weighted by Gasteiger charge is 2.11. The number of hydrogen-bond donors (Lipinski definition) is 1. The minimum Gasteiger partial charge on any atom is -0.486 e. The van der Waals surface area contributed by atoms with Crippen LogP contribution in [-0.2, 0) is 6.61 Å². The van der Waals surface area contributed by atoms with Crippen LogP contribution in [0, 0.1) is 13.8 Å². The molecule has 1 N–H and O–H groups in total. The van der Waals surface area contributed by atoms with E-state index in [4.69, 9.17) is 9.15 Å². The SMILES string of the molecule is Cc1cc(C)cc(OCc2ccc(C(=O)NCCCN(C)C)o2)c1. The van der Waals surface area contributed by atoms with Gasteiger partial charge in [-0.3, -0.25) is 4.79 Å². The second-order valence-corrected chi connectivity index (χ2v) is 6.29. The Bertz CT molecular complexity index is 657. The van der Waals surface area contributed by atoms with Gasteiger partial charge in [0, 0.05) is 6.54 Å². The zero-order valence-electron chi connectivity index (χ0n) is 14.9. The number of hydrogen-bond acceptors (Lipinski definition) is 4. The predicted octanol–water partition coefficient (Wildman–Crippen LogP) is 3.16. The highest BCUT2D eigenvalue weighted by Crippen LogP contribution is 2.18. The number of furan rings is 1. The maximum Gasteiger partial charge on any atom is 0.286 e. The maximum atomic E-state index is 12.0. The highest BCUT2D eigenvalue weighted by molar-refractivity contribution is 5.91. The molecule has 0 aliphatic carbocycles. The topological polar surface area (TPSA) is 54.7 Å². The van der Waals surface area contributed by atoms with Crippen molar-refractivity contribution in [1.29, 1.82) is 0 Å². The molecular weight excluding hydrogens is 304 g/mol. The fraction of sp³-hybridized carbons (Fsp3) is 0.421. The van der Waals surface area contributed by atoms with Crippen LogP contribution in [0.15, 0.2) is 34.7 Å². The van der Waals surface area contributed by atoms with Gasteiger partial charge < -0.3 is 19.4 Å². The van der Waals surface area contributed by atoms with Crippen LogP contribution < -0.4 is 10.1 Å². The van der Waals surface area contributed by atoms with Crippen molar-refractivity contribution in [2.24, 2.45) is 0 Å². The summed E-state index contributed by atoms with van der Waals surface area (Å²) in [5.74, 6) is 1.57. The van der Waals surface area contributed by atoms with E-state index in [1.807, 2.05) is 40.1 Å². The van der Waals surface area contributed by atoms with Gasteiger partial charge in [0.2, 0.25) is 0 Å². The Hall–Kier alpha value is -2.27. The second kappa shape index (κ2) is 8.55. The lowest BCUT2D eigenvalue weighted by Gasteiger charge is -2.09. The summed E-state index contributed by atoms with van der Waals surface area (Å²) >= 11 is 0. The number of nitrogens with zero attached hydrogens (tertiary/aromatic N) is 1. The normalized spacial score (nSPS) is 10.9. The fourth-order valence-electron chi connectivity index (χ4n) is 2.43. The lowest BCUT2D eigenvalue weighted by atomic mass is 10.1. The number of rotatable bonds is 8. The van der Waals surface area contributed by atoms with Crippen molar-refractivity contribution < 1.29 is 13.9 Å². The predicted molar refractivity (Wildman–Crippen MR) is 94.5 cm³/mol. The Kier molecular flexibility index (Phi) is 6.44. The van der Waals surface area contributed by atoms with E-state index in [-0.39, 0.29) is 5.91 Å². The summed E-state index contributed by atoms with van der Waals surface area (Å²) in [7, 11) is 4.02. The lowest BCUT2D eigenvalue weighted by Crippen LogP contribution is -2.26. The molecule has 0 aliphatic heterocycles. The quantitative estimate of drug-likeness (QED) is 0.756. The number of benzene rings is 1. The van der Waals surface area contributed by atoms with Gasteiger partial charge in [0.1, 0.15) is 18.1 Å². The summed E-state index contributed by atoms with van der Waals surface area (Å²) in [5, 5.41) is 2.86. The summed E-state index contributed by atoms with van der Waals surface area (Å²) in [6, 6.07) is 9.51. The molecule has 0 spiro atoms. The highest BCUT2D eigenvalue weighted by atomic mass is 16.5. The molecule has 130 valence electrons. The number of nitrogens with one attached hydrogen (secondary N) is 1. The average molecular weight is 330 g/mol. The summed E-state index contributed by atoms with van der Waals surface area (Å²) in [6.45, 7) is 5.94. The van der Waals surface area contributed by atoms with E-state index >= 15 is 0 Å². The molecule has 5 nitrogen and oxygen atoms in total. The third-order valence-electron chi connectivity index (χ3n) is 3.53. The number of carbonyl (C=O) groups is 1. The Morgan fingerprint density at radius 1 is 1.17 bits per heavy atom. The molecule has 0 aliphatic rings. The lowest BCUT2D eigenvalue weighted by molar-refractivity contribution is 0.0920. The van der Waals surface area contributed by atoms with Crippen molar-refractivity contribution in [3.05, 3.63) is 53.0 Å². The van der Waals surface area contributed by atoms with E-state index in [0.29, 0.717) is 24.7 Å². The van der Waals surface area contributed by atoms with Gasteiger partial charge in [-0.15, -0.1) is 0 Å². The summed E-state index contributed by atoms with van der Waals surface area (Å²) < 4.78 is 11.3. The molecule has 0 saturated carbocycles. The molecule has 0 atom stereocenters. The van der Waals surface area contributed by atoms with Crippen LogP contribution in [0.1, 0.15) is 33.9 Å². The molecular formula is C19H26N2O3. The molecule has 1 aromatic carbocycles. The summed E-state index contributed by atoms with van der Waals surface area (Å²) in [4.78, 5) is 14.1. The van der Waals surface area contributed by atoms with Crippen molar-refractivity contribution in [3.63, 3.8) is 0 Å². The standard InChI is InChI=1S/C19H26N2O3/c1-14-10-15(2)12-17(11-14)23-13-16-6-7-18(24-16)19(22)20-8-5-9-21(3)4/h6-7,10-12H,5,8-9,13H2,1-4H3,(H,20,22). The molecule has 2 rings (SSSR count). The molecule has 0 fully saturated rings. The van der Waals surface area contributed by atoms with Crippen molar-refractivity contribution in [1.82, 2.24) is 10.2 Å². The second-order valence-electron chi connectivity index (χ2n) is 6.29. The Morgan fingerprint density at radius 3 is 2.54 bits per heavy atom. The Labute approximate surface area is 143 Å². The molecule has 5 heteroatoms. The first kappa shape index (κ1) is 18.1. The molecule has 1 heterocycles. The van der Waals surface area contributed by atoms with Crippen molar-refractivity contribution in [3.8, 4) is 5.75 Å². The van der Waals surface area contributed by atoms with Gasteiger partial charge in [0.15, 0.2) is 5.76 Å². The van der Waals surface area contributed by atoms with Gasteiger partial charge in [-0.05, 0) is 76.3 Å². The number of amides is 1. The first-order chi connectivity index (χ1) is 11.4. The first-order valence-corrected chi connectivity index (χ1v) is 8.17. The number of aryl methyl sites for hydroxylation is 2. The Balaban J connectivity index is 1.83. The minimum atomic E-state index is -0.189. The van der Waals surface area contributed by atoms with E-state index in [9.17, 15) is 4.79 Å². The van der Waals surface area contributed by atoms with Gasteiger partial charge in [-0.25, -0.2) is 0 Å². The zero-order valence-corrected chi connectivity index (χ0v) is 14.9. The number of carbonyl (C=O) groups excluding carboxylic acids is 1. The van der Waals surface area contributed by atoms with Crippen LogP contribution >= 0.6 is 0 Å². The van der Waals surface area contributed by atoms with Gasteiger partial charge >= 0.3 is 0 Å². The van der Waals surface area contributed by atoms with Gasteiger partial charge in [0.25, 0.3) is 5.91 Å².